The van der Waals surface area contributed by atoms with Crippen LogP contribution in [0.1, 0.15) is 10.4 Å². The highest BCUT2D eigenvalue weighted by Gasteiger charge is 2.14. The predicted molar refractivity (Wildman–Crippen MR) is 119 cm³/mol. The summed E-state index contributed by atoms with van der Waals surface area (Å²) in [6.45, 7) is 0. The van der Waals surface area contributed by atoms with Crippen LogP contribution in [0.2, 0.25) is 5.02 Å². The molecule has 3 aromatic rings. The summed E-state index contributed by atoms with van der Waals surface area (Å²) in [6.07, 6.45) is 0. The van der Waals surface area contributed by atoms with Gasteiger partial charge in [-0.15, -0.1) is 0 Å². The summed E-state index contributed by atoms with van der Waals surface area (Å²) in [5, 5.41) is 5.69. The van der Waals surface area contributed by atoms with E-state index in [1.165, 1.54) is 25.3 Å². The van der Waals surface area contributed by atoms with E-state index in [1.54, 1.807) is 42.5 Å². The van der Waals surface area contributed by atoms with Crippen LogP contribution in [-0.4, -0.2) is 19.0 Å². The van der Waals surface area contributed by atoms with Gasteiger partial charge in [-0.2, -0.15) is 0 Å². The van der Waals surface area contributed by atoms with Crippen LogP contribution < -0.4 is 19.7 Å². The van der Waals surface area contributed by atoms with Gasteiger partial charge in [0.05, 0.1) is 17.8 Å². The Kier molecular flexibility index (Phi) is 6.81. The molecule has 0 aromatic heterocycles. The second kappa shape index (κ2) is 9.51. The van der Waals surface area contributed by atoms with E-state index in [0.717, 1.165) is 10.4 Å². The second-order valence-electron chi connectivity index (χ2n) is 6.10. The number of methoxy groups -OCH3 is 1. The molecule has 3 amide bonds. The van der Waals surface area contributed by atoms with Crippen LogP contribution in [0.25, 0.3) is 0 Å². The van der Waals surface area contributed by atoms with E-state index in [4.69, 9.17) is 16.3 Å². The van der Waals surface area contributed by atoms with E-state index in [-0.39, 0.29) is 5.56 Å². The van der Waals surface area contributed by atoms with Crippen LogP contribution in [0.4, 0.5) is 26.2 Å². The van der Waals surface area contributed by atoms with Crippen LogP contribution in [0.15, 0.2) is 66.7 Å². The van der Waals surface area contributed by atoms with Crippen molar-refractivity contribution in [2.24, 2.45) is 0 Å². The molecule has 0 saturated carbocycles. The molecule has 0 aliphatic carbocycles. The lowest BCUT2D eigenvalue weighted by Gasteiger charge is -2.17. The lowest BCUT2D eigenvalue weighted by molar-refractivity contribution is 0.102. The Bertz CT molecular complexity index is 1080. The summed E-state index contributed by atoms with van der Waals surface area (Å²) >= 11 is 10.3. The van der Waals surface area contributed by atoms with Gasteiger partial charge in [0.15, 0.2) is 0 Å². The molecule has 0 unspecified atom stereocenters. The van der Waals surface area contributed by atoms with Crippen molar-refractivity contribution < 1.29 is 18.7 Å². The third-order valence-electron chi connectivity index (χ3n) is 4.05. The van der Waals surface area contributed by atoms with Crippen LogP contribution in [0.3, 0.4) is 0 Å². The number of nitrogens with zero attached hydrogens (tertiary/aromatic N) is 1. The van der Waals surface area contributed by atoms with Crippen LogP contribution in [0.5, 0.6) is 5.75 Å². The Morgan fingerprint density at radius 1 is 1.00 bits per heavy atom. The van der Waals surface area contributed by atoms with Gasteiger partial charge in [-0.05, 0) is 60.7 Å². The van der Waals surface area contributed by atoms with Gasteiger partial charge in [-0.25, -0.2) is 13.5 Å². The number of hydrogen-bond acceptors (Lipinski definition) is 4. The molecule has 2 N–H and O–H groups in total. The fraction of sp³-hybridized carbons (Fsp3) is 0.0476. The van der Waals surface area contributed by atoms with E-state index in [0.29, 0.717) is 27.8 Å². The first-order chi connectivity index (χ1) is 14.4. The maximum absolute atomic E-state index is 13.3. The third-order valence-corrected chi connectivity index (χ3v) is 4.76. The highest BCUT2D eigenvalue weighted by Crippen LogP contribution is 2.28. The van der Waals surface area contributed by atoms with Crippen LogP contribution >= 0.6 is 24.4 Å². The van der Waals surface area contributed by atoms with Crippen molar-refractivity contribution in [3.63, 3.8) is 0 Å². The Morgan fingerprint density at radius 3 is 2.33 bits per heavy atom. The summed E-state index contributed by atoms with van der Waals surface area (Å²) in [6, 6.07) is 16.1. The average Bonchev–Trinajstić information content (AvgIpc) is 2.74. The summed E-state index contributed by atoms with van der Waals surface area (Å²) in [4.78, 5) is 24.6. The molecule has 0 saturated heterocycles. The largest absolute Gasteiger partial charge is 0.495 e. The van der Waals surface area contributed by atoms with E-state index >= 15 is 0 Å². The zero-order valence-electron chi connectivity index (χ0n) is 15.7. The number of amides is 3. The number of ether oxygens (including phenoxy) is 1. The smallest absolute Gasteiger partial charge is 0.336 e. The number of benzene rings is 3. The van der Waals surface area contributed by atoms with Gasteiger partial charge in [-0.3, -0.25) is 4.79 Å². The van der Waals surface area contributed by atoms with Crippen molar-refractivity contribution >= 4 is 53.4 Å². The molecule has 30 heavy (non-hydrogen) atoms. The van der Waals surface area contributed by atoms with E-state index in [2.05, 4.69) is 23.4 Å². The molecule has 9 heteroatoms. The molecule has 0 atom stereocenters. The number of hydrogen-bond donors (Lipinski definition) is 3. The minimum atomic E-state index is -0.504. The van der Waals surface area contributed by atoms with Gasteiger partial charge in [0.2, 0.25) is 0 Å². The van der Waals surface area contributed by atoms with E-state index in [9.17, 15) is 14.0 Å². The molecule has 0 fully saturated rings. The van der Waals surface area contributed by atoms with Gasteiger partial charge in [0, 0.05) is 16.9 Å². The number of urea groups is 1. The van der Waals surface area contributed by atoms with Crippen LogP contribution in [0, 0.1) is 5.82 Å². The van der Waals surface area contributed by atoms with Crippen molar-refractivity contribution in [1.29, 1.82) is 0 Å². The number of rotatable bonds is 5. The molecule has 0 spiro atoms. The lowest BCUT2D eigenvalue weighted by atomic mass is 10.2. The number of halogens is 2. The van der Waals surface area contributed by atoms with E-state index < -0.39 is 17.8 Å². The van der Waals surface area contributed by atoms with Gasteiger partial charge in [0.1, 0.15) is 11.6 Å². The number of carbonyl (C=O) groups excluding carboxylic acids is 2. The first-order valence-electron chi connectivity index (χ1n) is 8.68. The van der Waals surface area contributed by atoms with Crippen molar-refractivity contribution in [3.05, 3.63) is 83.1 Å². The molecule has 0 radical (unpaired) electrons. The van der Waals surface area contributed by atoms with Crippen LogP contribution in [-0.2, 0) is 0 Å². The number of anilines is 3. The minimum Gasteiger partial charge on any atom is -0.495 e. The average molecular weight is 446 g/mol. The maximum atomic E-state index is 13.3. The molecule has 0 aliphatic heterocycles. The highest BCUT2D eigenvalue weighted by molar-refractivity contribution is 7.82. The lowest BCUT2D eigenvalue weighted by Crippen LogP contribution is -2.26. The number of carbonyl (C=O) groups is 2. The summed E-state index contributed by atoms with van der Waals surface area (Å²) in [5.74, 6) is -0.444. The summed E-state index contributed by atoms with van der Waals surface area (Å²) < 4.78 is 19.4. The number of nitrogens with one attached hydrogen (secondary N) is 2. The Labute approximate surface area is 183 Å². The predicted octanol–water partition coefficient (Wildman–Crippen LogP) is 5.62. The third kappa shape index (κ3) is 5.22. The zero-order chi connectivity index (χ0) is 21.7. The normalized spacial score (nSPS) is 10.3. The van der Waals surface area contributed by atoms with E-state index in [1.807, 2.05) is 0 Å². The second-order valence-corrected chi connectivity index (χ2v) is 6.91. The number of thiol groups is 1. The van der Waals surface area contributed by atoms with Crippen molar-refractivity contribution in [2.75, 3.05) is 22.0 Å². The SMILES string of the molecule is COc1ccc(NC(=O)N(S)c2ccc(NC(=O)c3cccc(F)c3)cc2)cc1Cl. The Hall–Kier alpha value is -3.23. The molecule has 3 rings (SSSR count). The van der Waals surface area contributed by atoms with Crippen molar-refractivity contribution in [3.8, 4) is 5.75 Å². The first kappa shape index (κ1) is 21.5. The first-order valence-corrected chi connectivity index (χ1v) is 9.45. The van der Waals surface area contributed by atoms with Gasteiger partial charge >= 0.3 is 6.03 Å². The molecule has 0 bridgehead atoms. The van der Waals surface area contributed by atoms with Crippen molar-refractivity contribution in [1.82, 2.24) is 0 Å². The fourth-order valence-electron chi connectivity index (χ4n) is 2.56. The molecular weight excluding hydrogens is 429 g/mol. The molecule has 0 aliphatic rings. The Balaban J connectivity index is 1.64. The zero-order valence-corrected chi connectivity index (χ0v) is 17.4. The minimum absolute atomic E-state index is 0.201. The molecule has 154 valence electrons. The molecular formula is C21H17ClFN3O3S. The molecule has 6 nitrogen and oxygen atoms in total. The highest BCUT2D eigenvalue weighted by atomic mass is 35.5. The topological polar surface area (TPSA) is 70.7 Å². The monoisotopic (exact) mass is 445 g/mol. The van der Waals surface area contributed by atoms with Gasteiger partial charge in [0.25, 0.3) is 5.91 Å². The van der Waals surface area contributed by atoms with Gasteiger partial charge < -0.3 is 15.4 Å². The van der Waals surface area contributed by atoms with Gasteiger partial charge in [-0.1, -0.05) is 30.5 Å². The molecule has 3 aromatic carbocycles. The molecule has 0 heterocycles. The maximum Gasteiger partial charge on any atom is 0.336 e. The Morgan fingerprint density at radius 2 is 1.70 bits per heavy atom. The fourth-order valence-corrected chi connectivity index (χ4v) is 3.00. The summed E-state index contributed by atoms with van der Waals surface area (Å²) in [5.41, 5.74) is 1.63. The summed E-state index contributed by atoms with van der Waals surface area (Å²) in [7, 11) is 1.50. The quantitative estimate of drug-likeness (QED) is 0.446. The standard InChI is InChI=1S/C21H17ClFN3O3S/c1-29-19-10-7-16(12-18(19)22)25-21(28)26(30)17-8-5-15(6-9-17)24-20(27)13-3-2-4-14(23)11-13/h2-12,30H,1H3,(H,24,27)(H,25,28). The van der Waals surface area contributed by atoms with Crippen molar-refractivity contribution in [2.45, 2.75) is 0 Å².